The molecular weight excluding hydrogens is 560 g/mol. The van der Waals surface area contributed by atoms with E-state index < -0.39 is 0 Å². The topological polar surface area (TPSA) is 43.6 Å². The van der Waals surface area contributed by atoms with Gasteiger partial charge in [0, 0.05) is 33.2 Å². The van der Waals surface area contributed by atoms with E-state index in [1.54, 1.807) is 0 Å². The zero-order chi connectivity index (χ0) is 31.8. The van der Waals surface area contributed by atoms with Gasteiger partial charge in [0.15, 0.2) is 17.5 Å². The summed E-state index contributed by atoms with van der Waals surface area (Å²) in [5, 5.41) is 2.58. The number of hydrogen-bond acceptors (Lipinski definition) is 3. The van der Waals surface area contributed by atoms with Gasteiger partial charge in [0.05, 0.1) is 11.0 Å². The maximum absolute atomic E-state index is 4.95. The summed E-state index contributed by atoms with van der Waals surface area (Å²) in [7, 11) is 0. The zero-order valence-electron chi connectivity index (χ0n) is 27.3. The SMILES string of the molecule is CC1(C)c2cc3c4ccccc4n(-c4ccc(-c5nc(-c6ccccc6)nc(-c6ccccc6)n5)cc4)c3cc2C(C)(C)C1(C)C. The minimum Gasteiger partial charge on any atom is -0.309 e. The van der Waals surface area contributed by atoms with Crippen molar-refractivity contribution in [1.29, 1.82) is 0 Å². The molecule has 46 heavy (non-hydrogen) atoms. The highest BCUT2D eigenvalue weighted by molar-refractivity contribution is 6.10. The molecule has 4 nitrogen and oxygen atoms in total. The first-order chi connectivity index (χ1) is 22.1. The van der Waals surface area contributed by atoms with Gasteiger partial charge >= 0.3 is 0 Å². The molecule has 0 unspecified atom stereocenters. The van der Waals surface area contributed by atoms with Crippen LogP contribution in [0.2, 0.25) is 0 Å². The quantitative estimate of drug-likeness (QED) is 0.202. The van der Waals surface area contributed by atoms with E-state index in [-0.39, 0.29) is 16.2 Å². The summed E-state index contributed by atoms with van der Waals surface area (Å²) >= 11 is 0. The molecule has 0 bridgehead atoms. The molecular formula is C42H38N4. The molecule has 226 valence electrons. The molecule has 1 aliphatic carbocycles. The van der Waals surface area contributed by atoms with Gasteiger partial charge in [-0.3, -0.25) is 0 Å². The third-order valence-electron chi connectivity index (χ3n) is 11.4. The van der Waals surface area contributed by atoms with Crippen LogP contribution in [0.4, 0.5) is 0 Å². The molecule has 0 radical (unpaired) electrons. The lowest BCUT2D eigenvalue weighted by Crippen LogP contribution is -2.42. The first-order valence-corrected chi connectivity index (χ1v) is 16.1. The maximum atomic E-state index is 4.95. The van der Waals surface area contributed by atoms with Crippen molar-refractivity contribution in [3.05, 3.63) is 132 Å². The summed E-state index contributed by atoms with van der Waals surface area (Å²) in [5.74, 6) is 1.99. The van der Waals surface area contributed by atoms with Gasteiger partial charge in [0.2, 0.25) is 0 Å². The van der Waals surface area contributed by atoms with Crippen LogP contribution in [0.15, 0.2) is 121 Å². The highest BCUT2D eigenvalue weighted by Crippen LogP contribution is 2.62. The van der Waals surface area contributed by atoms with Crippen LogP contribution in [0.3, 0.4) is 0 Å². The Bertz CT molecular complexity index is 2200. The summed E-state index contributed by atoms with van der Waals surface area (Å²) in [6.45, 7) is 14.5. The Morgan fingerprint density at radius 2 is 0.891 bits per heavy atom. The summed E-state index contributed by atoms with van der Waals surface area (Å²) < 4.78 is 2.42. The fourth-order valence-electron chi connectivity index (χ4n) is 7.48. The second kappa shape index (κ2) is 9.95. The van der Waals surface area contributed by atoms with Crippen LogP contribution in [-0.2, 0) is 10.8 Å². The minimum atomic E-state index is 0.0246. The molecule has 5 aromatic carbocycles. The molecule has 2 heterocycles. The number of aromatic nitrogens is 4. The number of nitrogens with zero attached hydrogens (tertiary/aromatic N) is 4. The summed E-state index contributed by atoms with van der Waals surface area (Å²) in [4.78, 5) is 14.8. The first-order valence-electron chi connectivity index (χ1n) is 16.1. The van der Waals surface area contributed by atoms with Gasteiger partial charge in [-0.1, -0.05) is 120 Å². The van der Waals surface area contributed by atoms with Crippen LogP contribution in [-0.4, -0.2) is 19.5 Å². The second-order valence-corrected chi connectivity index (χ2v) is 14.2. The molecule has 0 aliphatic heterocycles. The molecule has 4 heteroatoms. The zero-order valence-corrected chi connectivity index (χ0v) is 27.3. The van der Waals surface area contributed by atoms with Crippen molar-refractivity contribution in [2.75, 3.05) is 0 Å². The van der Waals surface area contributed by atoms with Gasteiger partial charge in [-0.05, 0) is 69.8 Å². The van der Waals surface area contributed by atoms with Crippen molar-refractivity contribution in [3.63, 3.8) is 0 Å². The molecule has 0 atom stereocenters. The van der Waals surface area contributed by atoms with Crippen molar-refractivity contribution in [2.24, 2.45) is 5.41 Å². The predicted octanol–water partition coefficient (Wildman–Crippen LogP) is 10.6. The second-order valence-electron chi connectivity index (χ2n) is 14.2. The Morgan fingerprint density at radius 1 is 0.435 bits per heavy atom. The van der Waals surface area contributed by atoms with E-state index in [1.165, 1.54) is 32.9 Å². The number of hydrogen-bond donors (Lipinski definition) is 0. The largest absolute Gasteiger partial charge is 0.309 e. The fraction of sp³-hybridized carbons (Fsp3) is 0.214. The fourth-order valence-corrected chi connectivity index (χ4v) is 7.48. The normalized spacial score (nSPS) is 16.1. The van der Waals surface area contributed by atoms with Crippen LogP contribution in [0, 0.1) is 5.41 Å². The van der Waals surface area contributed by atoms with Gasteiger partial charge in [-0.15, -0.1) is 0 Å². The Balaban J connectivity index is 1.29. The molecule has 0 amide bonds. The predicted molar refractivity (Wildman–Crippen MR) is 190 cm³/mol. The number of benzene rings is 5. The lowest BCUT2D eigenvalue weighted by atomic mass is 9.59. The lowest BCUT2D eigenvalue weighted by molar-refractivity contribution is 0.125. The monoisotopic (exact) mass is 598 g/mol. The van der Waals surface area contributed by atoms with E-state index in [9.17, 15) is 0 Å². The van der Waals surface area contributed by atoms with Crippen molar-refractivity contribution < 1.29 is 0 Å². The number of fused-ring (bicyclic) bond motifs is 4. The molecule has 1 aliphatic rings. The highest BCUT2D eigenvalue weighted by atomic mass is 15.0. The van der Waals surface area contributed by atoms with E-state index in [0.717, 1.165) is 22.4 Å². The van der Waals surface area contributed by atoms with Crippen LogP contribution in [0.1, 0.15) is 52.7 Å². The van der Waals surface area contributed by atoms with Gasteiger partial charge in [0.25, 0.3) is 0 Å². The van der Waals surface area contributed by atoms with Gasteiger partial charge in [-0.25, -0.2) is 15.0 Å². The Hall–Kier alpha value is -5.09. The summed E-state index contributed by atoms with van der Waals surface area (Å²) in [6.07, 6.45) is 0. The Morgan fingerprint density at radius 3 is 1.43 bits per heavy atom. The molecule has 7 aromatic rings. The van der Waals surface area contributed by atoms with E-state index in [0.29, 0.717) is 17.5 Å². The van der Waals surface area contributed by atoms with Gasteiger partial charge in [-0.2, -0.15) is 0 Å². The molecule has 0 saturated heterocycles. The van der Waals surface area contributed by atoms with Crippen LogP contribution in [0.25, 0.3) is 61.7 Å². The van der Waals surface area contributed by atoms with Gasteiger partial charge < -0.3 is 4.57 Å². The van der Waals surface area contributed by atoms with E-state index in [2.05, 4.69) is 107 Å². The van der Waals surface area contributed by atoms with Crippen molar-refractivity contribution in [3.8, 4) is 39.9 Å². The van der Waals surface area contributed by atoms with E-state index >= 15 is 0 Å². The third kappa shape index (κ3) is 4.02. The highest BCUT2D eigenvalue weighted by Gasteiger charge is 2.56. The molecule has 0 N–H and O–H groups in total. The molecule has 0 saturated carbocycles. The Labute approximate surface area is 270 Å². The van der Waals surface area contributed by atoms with Crippen molar-refractivity contribution in [2.45, 2.75) is 52.4 Å². The molecule has 0 spiro atoms. The van der Waals surface area contributed by atoms with Crippen LogP contribution < -0.4 is 0 Å². The minimum absolute atomic E-state index is 0.0246. The Kier molecular flexibility index (Phi) is 6.14. The number of para-hydroxylation sites is 1. The third-order valence-corrected chi connectivity index (χ3v) is 11.4. The first kappa shape index (κ1) is 28.4. The van der Waals surface area contributed by atoms with Crippen molar-refractivity contribution >= 4 is 21.8 Å². The van der Waals surface area contributed by atoms with Crippen molar-refractivity contribution in [1.82, 2.24) is 19.5 Å². The van der Waals surface area contributed by atoms with Gasteiger partial charge in [0.1, 0.15) is 0 Å². The summed E-state index contributed by atoms with van der Waals surface area (Å²) in [5.41, 5.74) is 9.54. The molecule has 0 fully saturated rings. The molecule has 8 rings (SSSR count). The van der Waals surface area contributed by atoms with E-state index in [4.69, 9.17) is 15.0 Å². The summed E-state index contributed by atoms with van der Waals surface area (Å²) in [6, 6.07) is 42.6. The van der Waals surface area contributed by atoms with E-state index in [1.807, 2.05) is 60.7 Å². The molecule has 2 aromatic heterocycles. The lowest BCUT2D eigenvalue weighted by Gasteiger charge is -2.44. The van der Waals surface area contributed by atoms with Crippen LogP contribution in [0.5, 0.6) is 0 Å². The average Bonchev–Trinajstić information content (AvgIpc) is 3.46. The van der Waals surface area contributed by atoms with Crippen LogP contribution >= 0.6 is 0 Å². The standard InChI is InChI=1S/C42H38N4/c1-40(2)33-25-32-31-19-13-14-20-35(31)46(36(32)26-34(33)41(3,4)42(40,5)6)30-23-21-29(22-24-30)39-44-37(27-15-9-7-10-16-27)43-38(45-39)28-17-11-8-12-18-28/h7-26H,1-6H3. The smallest absolute Gasteiger partial charge is 0.164 e. The maximum Gasteiger partial charge on any atom is 0.164 e. The number of rotatable bonds is 4. The average molecular weight is 599 g/mol.